The van der Waals surface area contributed by atoms with Crippen molar-refractivity contribution in [1.82, 2.24) is 0 Å². The van der Waals surface area contributed by atoms with Gasteiger partial charge in [0.25, 0.3) is 5.91 Å². The lowest BCUT2D eigenvalue weighted by molar-refractivity contribution is 0.102. The molecule has 0 aliphatic carbocycles. The number of anilines is 3. The van der Waals surface area contributed by atoms with Gasteiger partial charge in [-0.1, -0.05) is 18.2 Å². The molecule has 0 atom stereocenters. The summed E-state index contributed by atoms with van der Waals surface area (Å²) in [6.45, 7) is 1.91. The van der Waals surface area contributed by atoms with Crippen LogP contribution in [0.3, 0.4) is 0 Å². The van der Waals surface area contributed by atoms with Crippen molar-refractivity contribution in [3.63, 3.8) is 0 Å². The largest absolute Gasteiger partial charge is 0.495 e. The Hall–Kier alpha value is -3.10. The van der Waals surface area contributed by atoms with Crippen LogP contribution in [0.4, 0.5) is 17.1 Å². The first-order chi connectivity index (χ1) is 14.9. The number of benzene rings is 3. The van der Waals surface area contributed by atoms with E-state index in [1.165, 1.54) is 0 Å². The number of hydrogen-bond donors (Lipinski definition) is 3. The third kappa shape index (κ3) is 5.74. The van der Waals surface area contributed by atoms with Gasteiger partial charge in [0.2, 0.25) is 0 Å². The second kappa shape index (κ2) is 10.3. The third-order valence-electron chi connectivity index (χ3n) is 4.51. The van der Waals surface area contributed by atoms with Gasteiger partial charge in [0.05, 0.1) is 24.4 Å². The van der Waals surface area contributed by atoms with E-state index in [2.05, 4.69) is 31.9 Å². The van der Waals surface area contributed by atoms with Crippen molar-refractivity contribution < 1.29 is 14.3 Å². The molecule has 31 heavy (non-hydrogen) atoms. The number of rotatable bonds is 6. The SMILES string of the molecule is COc1cc(OC)c(NC(=S)Nc2ccc(NC(=O)c3ccccc3C)cc2)cc1Br. The molecule has 0 saturated heterocycles. The van der Waals surface area contributed by atoms with E-state index < -0.39 is 0 Å². The van der Waals surface area contributed by atoms with Gasteiger partial charge in [-0.15, -0.1) is 0 Å². The van der Waals surface area contributed by atoms with Crippen LogP contribution < -0.4 is 25.4 Å². The van der Waals surface area contributed by atoms with Crippen LogP contribution in [0.15, 0.2) is 65.1 Å². The van der Waals surface area contributed by atoms with E-state index in [4.69, 9.17) is 21.7 Å². The molecular formula is C23H22BrN3O3S. The van der Waals surface area contributed by atoms with Crippen molar-refractivity contribution in [2.75, 3.05) is 30.2 Å². The highest BCUT2D eigenvalue weighted by Gasteiger charge is 2.12. The van der Waals surface area contributed by atoms with Gasteiger partial charge in [-0.3, -0.25) is 4.79 Å². The minimum atomic E-state index is -0.145. The topological polar surface area (TPSA) is 71.6 Å². The first kappa shape index (κ1) is 22.6. The molecule has 160 valence electrons. The van der Waals surface area contributed by atoms with Crippen LogP contribution in [0.5, 0.6) is 11.5 Å². The Morgan fingerprint density at radius 1 is 0.871 bits per heavy atom. The molecule has 0 bridgehead atoms. The summed E-state index contributed by atoms with van der Waals surface area (Å²) < 4.78 is 11.5. The van der Waals surface area contributed by atoms with Crippen molar-refractivity contribution in [3.8, 4) is 11.5 Å². The highest BCUT2D eigenvalue weighted by molar-refractivity contribution is 9.10. The fourth-order valence-electron chi connectivity index (χ4n) is 2.91. The van der Waals surface area contributed by atoms with Gasteiger partial charge in [-0.25, -0.2) is 0 Å². The van der Waals surface area contributed by atoms with E-state index >= 15 is 0 Å². The molecule has 0 spiro atoms. The number of ether oxygens (including phenoxy) is 2. The van der Waals surface area contributed by atoms with Crippen LogP contribution in [0.2, 0.25) is 0 Å². The maximum Gasteiger partial charge on any atom is 0.255 e. The van der Waals surface area contributed by atoms with Crippen molar-refractivity contribution in [1.29, 1.82) is 0 Å². The van der Waals surface area contributed by atoms with E-state index in [1.54, 1.807) is 26.4 Å². The summed E-state index contributed by atoms with van der Waals surface area (Å²) in [5, 5.41) is 9.53. The maximum absolute atomic E-state index is 12.5. The van der Waals surface area contributed by atoms with Crippen molar-refractivity contribution in [3.05, 3.63) is 76.3 Å². The van der Waals surface area contributed by atoms with E-state index in [0.29, 0.717) is 33.5 Å². The Bertz CT molecular complexity index is 1100. The molecule has 0 radical (unpaired) electrons. The van der Waals surface area contributed by atoms with Crippen LogP contribution in [0.1, 0.15) is 15.9 Å². The number of aryl methyl sites for hydroxylation is 1. The molecule has 0 saturated carbocycles. The van der Waals surface area contributed by atoms with Gasteiger partial charge in [0, 0.05) is 23.0 Å². The van der Waals surface area contributed by atoms with Gasteiger partial charge in [-0.05, 0) is 77.0 Å². The molecule has 0 heterocycles. The van der Waals surface area contributed by atoms with Crippen LogP contribution >= 0.6 is 28.1 Å². The number of halogens is 1. The van der Waals surface area contributed by atoms with E-state index in [9.17, 15) is 4.79 Å². The quantitative estimate of drug-likeness (QED) is 0.370. The van der Waals surface area contributed by atoms with E-state index in [-0.39, 0.29) is 5.91 Å². The number of nitrogens with one attached hydrogen (secondary N) is 3. The van der Waals surface area contributed by atoms with Gasteiger partial charge in [0.1, 0.15) is 11.5 Å². The molecule has 0 unspecified atom stereocenters. The zero-order valence-electron chi connectivity index (χ0n) is 17.3. The Morgan fingerprint density at radius 3 is 2.10 bits per heavy atom. The molecule has 0 aliphatic rings. The predicted octanol–water partition coefficient (Wildman–Crippen LogP) is 5.84. The summed E-state index contributed by atoms with van der Waals surface area (Å²) in [5.74, 6) is 1.11. The number of carbonyl (C=O) groups excluding carboxylic acids is 1. The first-order valence-electron chi connectivity index (χ1n) is 9.38. The zero-order chi connectivity index (χ0) is 22.4. The summed E-state index contributed by atoms with van der Waals surface area (Å²) in [7, 11) is 3.17. The smallest absolute Gasteiger partial charge is 0.255 e. The summed E-state index contributed by atoms with van der Waals surface area (Å²) >= 11 is 8.87. The lowest BCUT2D eigenvalue weighted by Gasteiger charge is -2.15. The van der Waals surface area contributed by atoms with Crippen LogP contribution in [0.25, 0.3) is 0 Å². The van der Waals surface area contributed by atoms with E-state index in [1.807, 2.05) is 55.5 Å². The van der Waals surface area contributed by atoms with Gasteiger partial charge in [0.15, 0.2) is 5.11 Å². The van der Waals surface area contributed by atoms with Crippen LogP contribution in [-0.2, 0) is 0 Å². The summed E-state index contributed by atoms with van der Waals surface area (Å²) in [4.78, 5) is 12.5. The molecule has 6 nitrogen and oxygen atoms in total. The highest BCUT2D eigenvalue weighted by Crippen LogP contribution is 2.36. The standard InChI is InChI=1S/C23H22BrN3O3S/c1-14-6-4-5-7-17(14)22(28)25-15-8-10-16(11-9-15)26-23(31)27-19-12-18(24)20(29-2)13-21(19)30-3/h4-13H,1-3H3,(H,25,28)(H2,26,27,31). The van der Waals surface area contributed by atoms with Gasteiger partial charge < -0.3 is 25.4 Å². The minimum absolute atomic E-state index is 0.145. The fraction of sp³-hybridized carbons (Fsp3) is 0.130. The van der Waals surface area contributed by atoms with Gasteiger partial charge in [-0.2, -0.15) is 0 Å². The molecule has 1 amide bonds. The number of carbonyl (C=O) groups is 1. The van der Waals surface area contributed by atoms with Crippen molar-refractivity contribution >= 4 is 56.2 Å². The Labute approximate surface area is 195 Å². The molecule has 8 heteroatoms. The minimum Gasteiger partial charge on any atom is -0.495 e. The third-order valence-corrected chi connectivity index (χ3v) is 5.34. The zero-order valence-corrected chi connectivity index (χ0v) is 19.7. The summed E-state index contributed by atoms with van der Waals surface area (Å²) in [6.07, 6.45) is 0. The lowest BCUT2D eigenvalue weighted by atomic mass is 10.1. The number of amides is 1. The number of methoxy groups -OCH3 is 2. The summed E-state index contributed by atoms with van der Waals surface area (Å²) in [6, 6.07) is 18.4. The summed E-state index contributed by atoms with van der Waals surface area (Å²) in [5.41, 5.74) is 3.73. The molecule has 0 aromatic heterocycles. The molecule has 3 rings (SSSR count). The normalized spacial score (nSPS) is 10.2. The molecule has 0 aliphatic heterocycles. The predicted molar refractivity (Wildman–Crippen MR) is 133 cm³/mol. The first-order valence-corrected chi connectivity index (χ1v) is 10.6. The van der Waals surface area contributed by atoms with Crippen LogP contribution in [-0.4, -0.2) is 25.2 Å². The average molecular weight is 500 g/mol. The maximum atomic E-state index is 12.5. The van der Waals surface area contributed by atoms with Crippen molar-refractivity contribution in [2.45, 2.75) is 6.92 Å². The van der Waals surface area contributed by atoms with Gasteiger partial charge >= 0.3 is 0 Å². The average Bonchev–Trinajstić information content (AvgIpc) is 2.75. The fourth-order valence-corrected chi connectivity index (χ4v) is 3.64. The lowest BCUT2D eigenvalue weighted by Crippen LogP contribution is -2.19. The highest BCUT2D eigenvalue weighted by atomic mass is 79.9. The Morgan fingerprint density at radius 2 is 1.48 bits per heavy atom. The second-order valence-electron chi connectivity index (χ2n) is 6.61. The van der Waals surface area contributed by atoms with E-state index in [0.717, 1.165) is 15.7 Å². The molecule has 3 N–H and O–H groups in total. The Balaban J connectivity index is 1.63. The monoisotopic (exact) mass is 499 g/mol. The second-order valence-corrected chi connectivity index (χ2v) is 7.88. The van der Waals surface area contributed by atoms with Crippen LogP contribution in [0, 0.1) is 6.92 Å². The number of thiocarbonyl (C=S) groups is 1. The Kier molecular flexibility index (Phi) is 7.49. The molecule has 3 aromatic carbocycles. The molecule has 3 aromatic rings. The van der Waals surface area contributed by atoms with Crippen molar-refractivity contribution in [2.24, 2.45) is 0 Å². The molecular weight excluding hydrogens is 478 g/mol. The number of hydrogen-bond acceptors (Lipinski definition) is 4. The molecule has 0 fully saturated rings.